The number of carbonyl (C=O) groups is 2. The van der Waals surface area contributed by atoms with E-state index in [2.05, 4.69) is 5.32 Å². The number of nitrogens with one attached hydrogen (secondary N) is 1. The third-order valence-corrected chi connectivity index (χ3v) is 4.44. The van der Waals surface area contributed by atoms with Gasteiger partial charge in [-0.3, -0.25) is 9.59 Å². The average Bonchev–Trinajstić information content (AvgIpc) is 2.87. The van der Waals surface area contributed by atoms with Crippen molar-refractivity contribution in [3.8, 4) is 5.75 Å². The summed E-state index contributed by atoms with van der Waals surface area (Å²) in [7, 11) is 0. The maximum Gasteiger partial charge on any atom is 0.283 e. The average molecular weight is 371 g/mol. The van der Waals surface area contributed by atoms with Crippen LogP contribution >= 0.6 is 11.6 Å². The third-order valence-electron chi connectivity index (χ3n) is 4.09. The molecule has 0 radical (unpaired) electrons. The summed E-state index contributed by atoms with van der Waals surface area (Å²) in [5, 5.41) is 2.95. The first-order valence-corrected chi connectivity index (χ1v) is 8.74. The predicted octanol–water partition coefficient (Wildman–Crippen LogP) is 3.76. The number of amides is 2. The lowest BCUT2D eigenvalue weighted by molar-refractivity contribution is -0.120. The summed E-state index contributed by atoms with van der Waals surface area (Å²) in [6.45, 7) is 4.16. The SMILES string of the molecule is CCOc1ccccc1N1C(=O)C(Cl)=C(NC(C)c2ccccc2)C1=O. The number of nitrogens with zero attached hydrogens (tertiary/aromatic N) is 1. The van der Waals surface area contributed by atoms with Crippen molar-refractivity contribution in [3.63, 3.8) is 0 Å². The minimum Gasteiger partial charge on any atom is -0.492 e. The molecule has 0 aliphatic carbocycles. The van der Waals surface area contributed by atoms with Crippen molar-refractivity contribution >= 4 is 29.1 Å². The highest BCUT2D eigenvalue weighted by Gasteiger charge is 2.40. The molecule has 2 aromatic carbocycles. The molecule has 2 amide bonds. The van der Waals surface area contributed by atoms with Gasteiger partial charge < -0.3 is 10.1 Å². The summed E-state index contributed by atoms with van der Waals surface area (Å²) in [4.78, 5) is 26.6. The fraction of sp³-hybridized carbons (Fsp3) is 0.200. The Hall–Kier alpha value is -2.79. The highest BCUT2D eigenvalue weighted by molar-refractivity contribution is 6.52. The van der Waals surface area contributed by atoms with Gasteiger partial charge in [0.2, 0.25) is 0 Å². The lowest BCUT2D eigenvalue weighted by atomic mass is 10.1. The molecule has 1 atom stereocenters. The Morgan fingerprint density at radius 2 is 1.69 bits per heavy atom. The smallest absolute Gasteiger partial charge is 0.283 e. The first-order valence-electron chi connectivity index (χ1n) is 8.36. The molecule has 1 aliphatic heterocycles. The van der Waals surface area contributed by atoms with E-state index in [1.165, 1.54) is 0 Å². The van der Waals surface area contributed by atoms with Crippen LogP contribution in [0.5, 0.6) is 5.75 Å². The van der Waals surface area contributed by atoms with Crippen LogP contribution in [-0.4, -0.2) is 18.4 Å². The zero-order valence-electron chi connectivity index (χ0n) is 14.5. The largest absolute Gasteiger partial charge is 0.492 e. The van der Waals surface area contributed by atoms with E-state index >= 15 is 0 Å². The normalized spacial score (nSPS) is 15.4. The van der Waals surface area contributed by atoms with Crippen molar-refractivity contribution in [2.75, 3.05) is 11.5 Å². The molecule has 26 heavy (non-hydrogen) atoms. The Balaban J connectivity index is 1.89. The van der Waals surface area contributed by atoms with Gasteiger partial charge >= 0.3 is 0 Å². The Morgan fingerprint density at radius 3 is 2.38 bits per heavy atom. The van der Waals surface area contributed by atoms with Crippen molar-refractivity contribution in [1.29, 1.82) is 0 Å². The minimum atomic E-state index is -0.563. The molecule has 1 N–H and O–H groups in total. The van der Waals surface area contributed by atoms with Crippen molar-refractivity contribution in [2.45, 2.75) is 19.9 Å². The molecule has 0 aromatic heterocycles. The standard InChI is InChI=1S/C20H19ClN2O3/c1-3-26-16-12-8-7-11-15(16)23-19(24)17(21)18(20(23)25)22-13(2)14-9-5-4-6-10-14/h4-13,22H,3H2,1-2H3. The molecular weight excluding hydrogens is 352 g/mol. The van der Waals surface area contributed by atoms with Crippen LogP contribution < -0.4 is 15.0 Å². The quantitative estimate of drug-likeness (QED) is 0.786. The summed E-state index contributed by atoms with van der Waals surface area (Å²) in [6.07, 6.45) is 0. The lowest BCUT2D eigenvalue weighted by Gasteiger charge is -2.20. The van der Waals surface area contributed by atoms with Gasteiger partial charge in [0.25, 0.3) is 11.8 Å². The van der Waals surface area contributed by atoms with E-state index in [0.717, 1.165) is 10.5 Å². The molecular formula is C20H19ClN2O3. The number of benzene rings is 2. The molecule has 0 bridgehead atoms. The molecule has 134 valence electrons. The number of ether oxygens (including phenoxy) is 1. The minimum absolute atomic E-state index is 0.0966. The fourth-order valence-corrected chi connectivity index (χ4v) is 3.03. The Morgan fingerprint density at radius 1 is 1.04 bits per heavy atom. The van der Waals surface area contributed by atoms with Crippen LogP contribution in [0.2, 0.25) is 0 Å². The molecule has 0 spiro atoms. The zero-order chi connectivity index (χ0) is 18.7. The molecule has 2 aromatic rings. The van der Waals surface area contributed by atoms with E-state index in [1.807, 2.05) is 44.2 Å². The fourth-order valence-electron chi connectivity index (χ4n) is 2.81. The van der Waals surface area contributed by atoms with Gasteiger partial charge in [-0.2, -0.15) is 0 Å². The van der Waals surface area contributed by atoms with E-state index in [9.17, 15) is 9.59 Å². The van der Waals surface area contributed by atoms with Crippen LogP contribution in [0.25, 0.3) is 0 Å². The molecule has 5 nitrogen and oxygen atoms in total. The molecule has 1 heterocycles. The van der Waals surface area contributed by atoms with Crippen LogP contribution in [0.1, 0.15) is 25.5 Å². The van der Waals surface area contributed by atoms with E-state index in [0.29, 0.717) is 18.0 Å². The second-order valence-electron chi connectivity index (χ2n) is 5.81. The number of carbonyl (C=O) groups excluding carboxylic acids is 2. The first kappa shape index (κ1) is 18.0. The number of hydrogen-bond acceptors (Lipinski definition) is 4. The van der Waals surface area contributed by atoms with Gasteiger partial charge in [-0.05, 0) is 31.5 Å². The topological polar surface area (TPSA) is 58.6 Å². The number of para-hydroxylation sites is 2. The van der Waals surface area contributed by atoms with Crippen LogP contribution in [-0.2, 0) is 9.59 Å². The maximum absolute atomic E-state index is 12.9. The van der Waals surface area contributed by atoms with Gasteiger partial charge in [-0.1, -0.05) is 54.1 Å². The number of rotatable bonds is 6. The lowest BCUT2D eigenvalue weighted by Crippen LogP contribution is -2.34. The second-order valence-corrected chi connectivity index (χ2v) is 6.19. The van der Waals surface area contributed by atoms with E-state index in [4.69, 9.17) is 16.3 Å². The van der Waals surface area contributed by atoms with E-state index in [-0.39, 0.29) is 16.8 Å². The van der Waals surface area contributed by atoms with Gasteiger partial charge in [-0.25, -0.2) is 4.90 Å². The predicted molar refractivity (Wildman–Crippen MR) is 101 cm³/mol. The molecule has 1 unspecified atom stereocenters. The number of imide groups is 1. The van der Waals surface area contributed by atoms with Crippen molar-refractivity contribution < 1.29 is 14.3 Å². The summed E-state index contributed by atoms with van der Waals surface area (Å²) >= 11 is 6.19. The Bertz CT molecular complexity index is 864. The highest BCUT2D eigenvalue weighted by Crippen LogP contribution is 2.35. The maximum atomic E-state index is 12.9. The Kier molecular flexibility index (Phi) is 5.28. The molecule has 3 rings (SSSR count). The van der Waals surface area contributed by atoms with Crippen LogP contribution in [0.4, 0.5) is 5.69 Å². The van der Waals surface area contributed by atoms with Gasteiger partial charge in [0, 0.05) is 6.04 Å². The van der Waals surface area contributed by atoms with Crippen LogP contribution in [0.15, 0.2) is 65.3 Å². The second kappa shape index (κ2) is 7.62. The summed E-state index contributed by atoms with van der Waals surface area (Å²) < 4.78 is 5.54. The number of anilines is 1. The van der Waals surface area contributed by atoms with Gasteiger partial charge in [0.05, 0.1) is 12.3 Å². The van der Waals surface area contributed by atoms with E-state index in [1.54, 1.807) is 24.3 Å². The van der Waals surface area contributed by atoms with Crippen molar-refractivity contribution in [2.24, 2.45) is 0 Å². The van der Waals surface area contributed by atoms with Crippen molar-refractivity contribution in [1.82, 2.24) is 5.32 Å². The summed E-state index contributed by atoms with van der Waals surface area (Å²) in [5.41, 5.74) is 1.46. The van der Waals surface area contributed by atoms with Gasteiger partial charge in [-0.15, -0.1) is 0 Å². The molecule has 1 aliphatic rings. The number of hydrogen-bond donors (Lipinski definition) is 1. The molecule has 0 fully saturated rings. The summed E-state index contributed by atoms with van der Waals surface area (Å²) in [6, 6.07) is 16.3. The monoisotopic (exact) mass is 370 g/mol. The Labute approximate surface area is 157 Å². The van der Waals surface area contributed by atoms with Crippen LogP contribution in [0, 0.1) is 0 Å². The zero-order valence-corrected chi connectivity index (χ0v) is 15.3. The summed E-state index contributed by atoms with van der Waals surface area (Å²) in [5.74, 6) is -0.597. The van der Waals surface area contributed by atoms with Crippen molar-refractivity contribution in [3.05, 3.63) is 70.9 Å². The van der Waals surface area contributed by atoms with Crippen LogP contribution in [0.3, 0.4) is 0 Å². The highest BCUT2D eigenvalue weighted by atomic mass is 35.5. The first-order chi connectivity index (χ1) is 12.5. The van der Waals surface area contributed by atoms with E-state index < -0.39 is 11.8 Å². The molecule has 0 saturated carbocycles. The number of halogens is 1. The van der Waals surface area contributed by atoms with Gasteiger partial charge in [0.1, 0.15) is 16.5 Å². The van der Waals surface area contributed by atoms with Gasteiger partial charge in [0.15, 0.2) is 0 Å². The molecule has 0 saturated heterocycles. The molecule has 6 heteroatoms. The third kappa shape index (κ3) is 3.30.